The van der Waals surface area contributed by atoms with Gasteiger partial charge in [0.25, 0.3) is 0 Å². The molecule has 3 nitrogen and oxygen atoms in total. The molecule has 0 aliphatic heterocycles. The topological polar surface area (TPSA) is 42.4 Å². The summed E-state index contributed by atoms with van der Waals surface area (Å²) in [5.74, 6) is 0.939. The zero-order valence-corrected chi connectivity index (χ0v) is 11.2. The Morgan fingerprint density at radius 2 is 1.89 bits per heavy atom. The van der Waals surface area contributed by atoms with Crippen LogP contribution in [0.15, 0.2) is 41.0 Å². The Kier molecular flexibility index (Phi) is 4.42. The lowest BCUT2D eigenvalue weighted by Crippen LogP contribution is -2.18. The fourth-order valence-corrected chi connectivity index (χ4v) is 2.02. The molecule has 0 spiro atoms. The molecule has 0 saturated carbocycles. The molecule has 1 aromatic heterocycles. The summed E-state index contributed by atoms with van der Waals surface area (Å²) in [6.45, 7) is 2.12. The van der Waals surface area contributed by atoms with Gasteiger partial charge in [-0.05, 0) is 30.8 Å². The van der Waals surface area contributed by atoms with Gasteiger partial charge in [-0.15, -0.1) is 0 Å². The third-order valence-corrected chi connectivity index (χ3v) is 3.09. The molecule has 2 rings (SSSR count). The van der Waals surface area contributed by atoms with Gasteiger partial charge in [-0.2, -0.15) is 0 Å². The van der Waals surface area contributed by atoms with Gasteiger partial charge < -0.3 is 10.2 Å². The summed E-state index contributed by atoms with van der Waals surface area (Å²) in [4.78, 5) is 2.18. The van der Waals surface area contributed by atoms with Gasteiger partial charge in [0.2, 0.25) is 0 Å². The molecule has 18 heavy (non-hydrogen) atoms. The van der Waals surface area contributed by atoms with Gasteiger partial charge >= 0.3 is 0 Å². The Balaban J connectivity index is 1.96. The number of benzene rings is 1. The van der Waals surface area contributed by atoms with Gasteiger partial charge in [0, 0.05) is 23.7 Å². The van der Waals surface area contributed by atoms with E-state index in [1.165, 1.54) is 5.56 Å². The summed E-state index contributed by atoms with van der Waals surface area (Å²) >= 11 is 5.86. The second kappa shape index (κ2) is 6.05. The van der Waals surface area contributed by atoms with E-state index >= 15 is 0 Å². The minimum absolute atomic E-state index is 0.515. The molecule has 0 radical (unpaired) electrons. The van der Waals surface area contributed by atoms with Crippen LogP contribution >= 0.6 is 11.6 Å². The van der Waals surface area contributed by atoms with Crippen molar-refractivity contribution in [2.75, 3.05) is 7.05 Å². The van der Waals surface area contributed by atoms with E-state index in [-0.39, 0.29) is 0 Å². The monoisotopic (exact) mass is 264 g/mol. The Labute approximate surface area is 112 Å². The molecule has 0 bridgehead atoms. The van der Waals surface area contributed by atoms with Crippen molar-refractivity contribution in [2.45, 2.75) is 19.6 Å². The molecule has 0 unspecified atom stereocenters. The van der Waals surface area contributed by atoms with Crippen LogP contribution in [0.3, 0.4) is 0 Å². The Morgan fingerprint density at radius 3 is 2.56 bits per heavy atom. The first-order chi connectivity index (χ1) is 8.69. The maximum Gasteiger partial charge on any atom is 0.122 e. The van der Waals surface area contributed by atoms with Crippen molar-refractivity contribution in [3.63, 3.8) is 0 Å². The minimum atomic E-state index is 0.515. The molecule has 2 N–H and O–H groups in total. The molecular weight excluding hydrogens is 248 g/mol. The van der Waals surface area contributed by atoms with Crippen molar-refractivity contribution < 1.29 is 4.42 Å². The third-order valence-electron chi connectivity index (χ3n) is 2.84. The lowest BCUT2D eigenvalue weighted by Gasteiger charge is -2.16. The number of halogens is 1. The highest BCUT2D eigenvalue weighted by Crippen LogP contribution is 2.15. The van der Waals surface area contributed by atoms with Crippen molar-refractivity contribution in [2.24, 2.45) is 5.73 Å². The van der Waals surface area contributed by atoms with Crippen molar-refractivity contribution in [1.82, 2.24) is 4.90 Å². The number of nitrogens with two attached hydrogens (primary N) is 1. The smallest absolute Gasteiger partial charge is 0.122 e. The van der Waals surface area contributed by atoms with Gasteiger partial charge in [0.15, 0.2) is 0 Å². The number of nitrogens with zero attached hydrogens (tertiary/aromatic N) is 1. The molecule has 0 fully saturated rings. The summed E-state index contributed by atoms with van der Waals surface area (Å²) in [6.07, 6.45) is 1.69. The first kappa shape index (κ1) is 13.1. The molecular formula is C14H17ClN2O. The van der Waals surface area contributed by atoms with Gasteiger partial charge in [-0.25, -0.2) is 0 Å². The van der Waals surface area contributed by atoms with Crippen molar-refractivity contribution in [3.8, 4) is 0 Å². The van der Waals surface area contributed by atoms with Crippen LogP contribution in [-0.4, -0.2) is 11.9 Å². The maximum absolute atomic E-state index is 5.86. The fourth-order valence-electron chi connectivity index (χ4n) is 1.89. The van der Waals surface area contributed by atoms with Crippen LogP contribution in [0.5, 0.6) is 0 Å². The van der Waals surface area contributed by atoms with E-state index in [0.29, 0.717) is 6.54 Å². The average molecular weight is 265 g/mol. The highest BCUT2D eigenvalue weighted by atomic mass is 35.5. The first-order valence-electron chi connectivity index (χ1n) is 5.87. The van der Waals surface area contributed by atoms with E-state index in [1.807, 2.05) is 30.3 Å². The number of hydrogen-bond acceptors (Lipinski definition) is 3. The molecule has 0 atom stereocenters. The SMILES string of the molecule is CN(Cc1ccc(Cl)cc1)Cc1occc1CN. The zero-order valence-electron chi connectivity index (χ0n) is 10.4. The Bertz CT molecular complexity index is 493. The molecule has 0 saturated heterocycles. The quantitative estimate of drug-likeness (QED) is 0.903. The predicted octanol–water partition coefficient (Wildman–Crippen LogP) is 3.02. The molecule has 0 aliphatic rings. The van der Waals surface area contributed by atoms with Crippen LogP contribution in [0, 0.1) is 0 Å². The summed E-state index contributed by atoms with van der Waals surface area (Å²) in [6, 6.07) is 9.80. The number of furan rings is 1. The summed E-state index contributed by atoms with van der Waals surface area (Å²) in [5, 5.41) is 0.762. The van der Waals surface area contributed by atoms with Crippen molar-refractivity contribution in [3.05, 3.63) is 58.5 Å². The van der Waals surface area contributed by atoms with Gasteiger partial charge in [-0.3, -0.25) is 4.90 Å². The van der Waals surface area contributed by atoms with E-state index in [4.69, 9.17) is 21.8 Å². The van der Waals surface area contributed by atoms with Crippen LogP contribution in [0.1, 0.15) is 16.9 Å². The normalized spacial score (nSPS) is 11.1. The van der Waals surface area contributed by atoms with Gasteiger partial charge in [-0.1, -0.05) is 23.7 Å². The minimum Gasteiger partial charge on any atom is -0.468 e. The molecule has 96 valence electrons. The molecule has 4 heteroatoms. The highest BCUT2D eigenvalue weighted by Gasteiger charge is 2.08. The van der Waals surface area contributed by atoms with E-state index in [9.17, 15) is 0 Å². The largest absolute Gasteiger partial charge is 0.468 e. The van der Waals surface area contributed by atoms with E-state index < -0.39 is 0 Å². The van der Waals surface area contributed by atoms with Crippen molar-refractivity contribution in [1.29, 1.82) is 0 Å². The second-order valence-electron chi connectivity index (χ2n) is 4.37. The maximum atomic E-state index is 5.86. The Morgan fingerprint density at radius 1 is 1.17 bits per heavy atom. The zero-order chi connectivity index (χ0) is 13.0. The third kappa shape index (κ3) is 3.35. The van der Waals surface area contributed by atoms with E-state index in [0.717, 1.165) is 29.4 Å². The van der Waals surface area contributed by atoms with Gasteiger partial charge in [0.05, 0.1) is 12.8 Å². The molecule has 1 aromatic carbocycles. The average Bonchev–Trinajstić information content (AvgIpc) is 2.79. The Hall–Kier alpha value is -1.29. The second-order valence-corrected chi connectivity index (χ2v) is 4.81. The molecule has 2 aromatic rings. The lowest BCUT2D eigenvalue weighted by atomic mass is 10.2. The van der Waals surface area contributed by atoms with Crippen LogP contribution in [0.2, 0.25) is 5.02 Å². The van der Waals surface area contributed by atoms with Crippen LogP contribution < -0.4 is 5.73 Å². The highest BCUT2D eigenvalue weighted by molar-refractivity contribution is 6.30. The first-order valence-corrected chi connectivity index (χ1v) is 6.25. The molecule has 0 aliphatic carbocycles. The summed E-state index contributed by atoms with van der Waals surface area (Å²) in [7, 11) is 2.05. The molecule has 1 heterocycles. The number of rotatable bonds is 5. The summed E-state index contributed by atoms with van der Waals surface area (Å²) in [5.41, 5.74) is 7.94. The van der Waals surface area contributed by atoms with Crippen molar-refractivity contribution >= 4 is 11.6 Å². The standard InChI is InChI=1S/C14H17ClN2O/c1-17(9-11-2-4-13(15)5-3-11)10-14-12(8-16)6-7-18-14/h2-7H,8-10,16H2,1H3. The van der Waals surface area contributed by atoms with E-state index in [1.54, 1.807) is 6.26 Å². The van der Waals surface area contributed by atoms with Gasteiger partial charge in [0.1, 0.15) is 5.76 Å². The predicted molar refractivity (Wildman–Crippen MR) is 73.2 cm³/mol. The fraction of sp³-hybridized carbons (Fsp3) is 0.286. The van der Waals surface area contributed by atoms with Crippen LogP contribution in [-0.2, 0) is 19.6 Å². The van der Waals surface area contributed by atoms with Crippen LogP contribution in [0.25, 0.3) is 0 Å². The summed E-state index contributed by atoms with van der Waals surface area (Å²) < 4.78 is 5.44. The molecule has 0 amide bonds. The number of hydrogen-bond donors (Lipinski definition) is 1. The van der Waals surface area contributed by atoms with Crippen LogP contribution in [0.4, 0.5) is 0 Å². The van der Waals surface area contributed by atoms with E-state index in [2.05, 4.69) is 11.9 Å². The lowest BCUT2D eigenvalue weighted by molar-refractivity contribution is 0.286.